The zero-order chi connectivity index (χ0) is 21.8. The Morgan fingerprint density at radius 1 is 1.09 bits per heavy atom. The maximum Gasteiger partial charge on any atom is 0.276 e. The van der Waals surface area contributed by atoms with Crippen LogP contribution < -0.4 is 10.3 Å². The van der Waals surface area contributed by atoms with Gasteiger partial charge in [0.25, 0.3) is 5.56 Å². The van der Waals surface area contributed by atoms with Gasteiger partial charge in [0.2, 0.25) is 0 Å². The van der Waals surface area contributed by atoms with Gasteiger partial charge in [0, 0.05) is 18.0 Å². The predicted molar refractivity (Wildman–Crippen MR) is 128 cm³/mol. The minimum atomic E-state index is -0.0301. The number of piperidine rings is 1. The first kappa shape index (κ1) is 20.0. The molecule has 1 saturated carbocycles. The average molecular weight is 446 g/mol. The Morgan fingerprint density at radius 2 is 1.81 bits per heavy atom. The molecule has 1 aliphatic carbocycles. The molecule has 3 aromatic rings. The van der Waals surface area contributed by atoms with Crippen molar-refractivity contribution in [3.8, 4) is 23.3 Å². The normalized spacial score (nSPS) is 25.0. The number of ether oxygens (including phenoxy) is 1. The highest BCUT2D eigenvalue weighted by molar-refractivity contribution is 7.19. The summed E-state index contributed by atoms with van der Waals surface area (Å²) in [5.41, 5.74) is 1.53. The highest BCUT2D eigenvalue weighted by Gasteiger charge is 2.39. The number of benzene rings is 1. The van der Waals surface area contributed by atoms with Crippen molar-refractivity contribution in [1.82, 2.24) is 14.5 Å². The summed E-state index contributed by atoms with van der Waals surface area (Å²) < 4.78 is 8.67. The highest BCUT2D eigenvalue weighted by atomic mass is 32.1. The summed E-state index contributed by atoms with van der Waals surface area (Å²) in [7, 11) is 2.24. The van der Waals surface area contributed by atoms with Crippen LogP contribution in [-0.2, 0) is 0 Å². The maximum absolute atomic E-state index is 13.3. The maximum atomic E-state index is 13.3. The van der Waals surface area contributed by atoms with Gasteiger partial charge in [-0.05, 0) is 82.8 Å². The Bertz CT molecular complexity index is 1280. The van der Waals surface area contributed by atoms with Crippen molar-refractivity contribution in [3.63, 3.8) is 0 Å². The van der Waals surface area contributed by atoms with E-state index in [1.807, 2.05) is 37.3 Å². The molecule has 4 heterocycles. The van der Waals surface area contributed by atoms with E-state index in [4.69, 9.17) is 9.72 Å². The van der Waals surface area contributed by atoms with E-state index < -0.39 is 0 Å². The summed E-state index contributed by atoms with van der Waals surface area (Å²) >= 11 is 1.45. The Hall–Kier alpha value is -2.62. The van der Waals surface area contributed by atoms with Crippen LogP contribution in [0.1, 0.15) is 49.2 Å². The molecule has 6 rings (SSSR count). The molecule has 164 valence electrons. The third-order valence-electron chi connectivity index (χ3n) is 7.15. The number of thiophene rings is 1. The van der Waals surface area contributed by atoms with Gasteiger partial charge in [-0.2, -0.15) is 0 Å². The van der Waals surface area contributed by atoms with Gasteiger partial charge in [-0.25, -0.2) is 4.98 Å². The van der Waals surface area contributed by atoms with Crippen molar-refractivity contribution in [3.05, 3.63) is 51.4 Å². The summed E-state index contributed by atoms with van der Waals surface area (Å²) in [6.07, 6.45) is 7.43. The van der Waals surface area contributed by atoms with Crippen LogP contribution in [0.5, 0.6) is 5.75 Å². The topological polar surface area (TPSA) is 47.4 Å². The van der Waals surface area contributed by atoms with Gasteiger partial charge >= 0.3 is 0 Å². The Morgan fingerprint density at radius 3 is 2.50 bits per heavy atom. The third-order valence-corrected chi connectivity index (χ3v) is 8.17. The van der Waals surface area contributed by atoms with Crippen molar-refractivity contribution in [1.29, 1.82) is 0 Å². The first-order valence-corrected chi connectivity index (χ1v) is 12.4. The SMILES string of the molecule is Cc1nc2cc(C#CC3CC3)sc2c(=O)n1-c1ccc(O[C@@H]2C[C@H]3CC[C@@H](C2)N3C)cc1. The number of aromatic nitrogens is 2. The molecule has 3 atom stereocenters. The molecule has 0 N–H and O–H groups in total. The number of nitrogens with zero attached hydrogens (tertiary/aromatic N) is 3. The number of aryl methyl sites for hydroxylation is 1. The van der Waals surface area contributed by atoms with Gasteiger partial charge in [-0.3, -0.25) is 9.36 Å². The number of fused-ring (bicyclic) bond motifs is 3. The Kier molecular flexibility index (Phi) is 4.85. The summed E-state index contributed by atoms with van der Waals surface area (Å²) in [4.78, 5) is 21.4. The van der Waals surface area contributed by atoms with Gasteiger partial charge in [0.15, 0.2) is 0 Å². The van der Waals surface area contributed by atoms with Crippen LogP contribution >= 0.6 is 11.3 Å². The zero-order valence-electron chi connectivity index (χ0n) is 18.5. The van der Waals surface area contributed by atoms with Crippen molar-refractivity contribution >= 4 is 21.6 Å². The van der Waals surface area contributed by atoms with Gasteiger partial charge in [-0.15, -0.1) is 11.3 Å². The molecule has 2 aromatic heterocycles. The molecule has 3 fully saturated rings. The lowest BCUT2D eigenvalue weighted by Crippen LogP contribution is -2.43. The van der Waals surface area contributed by atoms with Crippen LogP contribution in [0.25, 0.3) is 15.9 Å². The quantitative estimate of drug-likeness (QED) is 0.556. The molecule has 0 unspecified atom stereocenters. The summed E-state index contributed by atoms with van der Waals surface area (Å²) in [6.45, 7) is 1.88. The molecule has 0 radical (unpaired) electrons. The van der Waals surface area contributed by atoms with Gasteiger partial charge < -0.3 is 9.64 Å². The van der Waals surface area contributed by atoms with Crippen LogP contribution in [0, 0.1) is 24.7 Å². The number of hydrogen-bond donors (Lipinski definition) is 0. The van der Waals surface area contributed by atoms with Crippen LogP contribution in [0.2, 0.25) is 0 Å². The Labute approximate surface area is 192 Å². The summed E-state index contributed by atoms with van der Waals surface area (Å²) in [5, 5.41) is 0. The monoisotopic (exact) mass is 445 g/mol. The molecule has 1 aromatic carbocycles. The second-order valence-corrected chi connectivity index (χ2v) is 10.5. The minimum Gasteiger partial charge on any atom is -0.490 e. The molecule has 2 saturated heterocycles. The fourth-order valence-corrected chi connectivity index (χ4v) is 6.07. The smallest absolute Gasteiger partial charge is 0.276 e. The molecular weight excluding hydrogens is 418 g/mol. The second-order valence-electron chi connectivity index (χ2n) is 9.42. The van der Waals surface area contributed by atoms with Gasteiger partial charge in [-0.1, -0.05) is 11.8 Å². The molecule has 0 amide bonds. The van der Waals surface area contributed by atoms with E-state index in [1.54, 1.807) is 4.57 Å². The number of hydrogen-bond acceptors (Lipinski definition) is 5. The van der Waals surface area contributed by atoms with E-state index in [0.29, 0.717) is 28.5 Å². The van der Waals surface area contributed by atoms with E-state index in [2.05, 4.69) is 23.8 Å². The first-order valence-electron chi connectivity index (χ1n) is 11.6. The lowest BCUT2D eigenvalue weighted by atomic mass is 10.0. The van der Waals surface area contributed by atoms with Gasteiger partial charge in [0.05, 0.1) is 16.1 Å². The zero-order valence-corrected chi connectivity index (χ0v) is 19.3. The summed E-state index contributed by atoms with van der Waals surface area (Å²) in [6, 6.07) is 11.1. The molecule has 2 bridgehead atoms. The van der Waals surface area contributed by atoms with Crippen LogP contribution in [0.4, 0.5) is 0 Å². The van der Waals surface area contributed by atoms with E-state index in [1.165, 1.54) is 37.0 Å². The molecule has 0 spiro atoms. The number of rotatable bonds is 3. The molecule has 5 nitrogen and oxygen atoms in total. The molecule has 32 heavy (non-hydrogen) atoms. The molecule has 3 aliphatic rings. The average Bonchev–Trinajstić information content (AvgIpc) is 3.48. The van der Waals surface area contributed by atoms with Crippen molar-refractivity contribution in [2.45, 2.75) is 63.6 Å². The van der Waals surface area contributed by atoms with Crippen molar-refractivity contribution in [2.24, 2.45) is 5.92 Å². The lowest BCUT2D eigenvalue weighted by molar-refractivity contribution is 0.0662. The highest BCUT2D eigenvalue weighted by Crippen LogP contribution is 2.36. The predicted octanol–water partition coefficient (Wildman–Crippen LogP) is 4.52. The van der Waals surface area contributed by atoms with Gasteiger partial charge in [0.1, 0.15) is 22.4 Å². The van der Waals surface area contributed by atoms with Crippen LogP contribution in [0.3, 0.4) is 0 Å². The minimum absolute atomic E-state index is 0.0301. The standard InChI is InChI=1S/C26H27N3O2S/c1-16-27-24-15-23(12-5-17-3-4-17)32-25(24)26(30)29(16)18-8-10-21(11-9-18)31-22-13-19-6-7-20(14-22)28(19)2/h8-11,15,17,19-20,22H,3-4,6-7,13-14H2,1-2H3/t19-,20+,22-. The van der Waals surface area contributed by atoms with Crippen LogP contribution in [0.15, 0.2) is 35.1 Å². The van der Waals surface area contributed by atoms with E-state index >= 15 is 0 Å². The fourth-order valence-electron chi connectivity index (χ4n) is 5.18. The van der Waals surface area contributed by atoms with Crippen molar-refractivity contribution < 1.29 is 4.74 Å². The van der Waals surface area contributed by atoms with Crippen LogP contribution in [-0.4, -0.2) is 39.7 Å². The largest absolute Gasteiger partial charge is 0.490 e. The molecular formula is C26H27N3O2S. The lowest BCUT2D eigenvalue weighted by Gasteiger charge is -2.36. The summed E-state index contributed by atoms with van der Waals surface area (Å²) in [5.74, 6) is 8.59. The molecule has 6 heteroatoms. The first-order chi connectivity index (χ1) is 15.5. The van der Waals surface area contributed by atoms with Crippen molar-refractivity contribution in [2.75, 3.05) is 7.05 Å². The van der Waals surface area contributed by atoms with E-state index in [9.17, 15) is 4.79 Å². The third kappa shape index (κ3) is 3.64. The second kappa shape index (κ2) is 7.75. The molecule has 2 aliphatic heterocycles. The van der Waals surface area contributed by atoms with E-state index in [-0.39, 0.29) is 11.7 Å². The van der Waals surface area contributed by atoms with E-state index in [0.717, 1.165) is 34.7 Å². The Balaban J connectivity index is 1.25. The fraction of sp³-hybridized carbons (Fsp3) is 0.462.